The summed E-state index contributed by atoms with van der Waals surface area (Å²) in [7, 11) is -1.20. The maximum Gasteiger partial charge on any atom is 0.233 e. The van der Waals surface area contributed by atoms with Crippen LogP contribution < -0.4 is 11.1 Å². The molecule has 0 saturated carbocycles. The Morgan fingerprint density at radius 3 is 2.83 bits per heavy atom. The van der Waals surface area contributed by atoms with Crippen molar-refractivity contribution in [3.05, 3.63) is 0 Å². The van der Waals surface area contributed by atoms with E-state index in [-0.39, 0.29) is 18.2 Å². The lowest BCUT2D eigenvalue weighted by atomic mass is 10.6. The van der Waals surface area contributed by atoms with Gasteiger partial charge >= 0.3 is 0 Å². The Morgan fingerprint density at radius 1 is 1.67 bits per heavy atom. The maximum absolute atomic E-state index is 10.9. The molecule has 0 spiro atoms. The van der Waals surface area contributed by atoms with Gasteiger partial charge in [-0.1, -0.05) is 0 Å². The highest BCUT2D eigenvalue weighted by molar-refractivity contribution is 7.85. The topological polar surface area (TPSA) is 96.0 Å². The van der Waals surface area contributed by atoms with Gasteiger partial charge in [0.1, 0.15) is 12.3 Å². The monoisotopic (exact) mass is 189 g/mol. The molecule has 3 N–H and O–H groups in total. The van der Waals surface area contributed by atoms with Crippen molar-refractivity contribution in [2.45, 2.75) is 0 Å². The van der Waals surface area contributed by atoms with Gasteiger partial charge in [-0.25, -0.2) is 0 Å². The molecule has 0 aliphatic rings. The fourth-order valence-electron chi connectivity index (χ4n) is 0.539. The van der Waals surface area contributed by atoms with Crippen LogP contribution in [0.4, 0.5) is 0 Å². The standard InChI is InChI=1S/C6H11N3O2S/c7-1-3-9-6(10)5-12(11)4-2-8/h2-5,8H2,(H,9,10). The lowest BCUT2D eigenvalue weighted by Gasteiger charge is -1.99. The summed E-state index contributed by atoms with van der Waals surface area (Å²) in [5, 5.41) is 10.4. The summed E-state index contributed by atoms with van der Waals surface area (Å²) < 4.78 is 10.9. The van der Waals surface area contributed by atoms with Gasteiger partial charge in [0.25, 0.3) is 0 Å². The molecule has 0 bridgehead atoms. The third-order valence-corrected chi connectivity index (χ3v) is 2.28. The molecule has 12 heavy (non-hydrogen) atoms. The van der Waals surface area contributed by atoms with E-state index in [0.29, 0.717) is 12.3 Å². The molecule has 68 valence electrons. The van der Waals surface area contributed by atoms with E-state index in [2.05, 4.69) is 5.32 Å². The number of hydrogen-bond donors (Lipinski definition) is 2. The Hall–Kier alpha value is -0.930. The summed E-state index contributed by atoms with van der Waals surface area (Å²) in [5.74, 6) is -0.123. The number of nitriles is 1. The van der Waals surface area contributed by atoms with Crippen molar-refractivity contribution >= 4 is 16.7 Å². The minimum atomic E-state index is -1.20. The molecular weight excluding hydrogens is 178 g/mol. The Bertz CT molecular complexity index is 211. The van der Waals surface area contributed by atoms with E-state index in [4.69, 9.17) is 11.0 Å². The summed E-state index contributed by atoms with van der Waals surface area (Å²) in [6.45, 7) is 0.261. The van der Waals surface area contributed by atoms with Gasteiger partial charge < -0.3 is 11.1 Å². The van der Waals surface area contributed by atoms with Gasteiger partial charge in [0, 0.05) is 23.1 Å². The number of nitrogens with one attached hydrogen (secondary N) is 1. The van der Waals surface area contributed by atoms with Crippen LogP contribution in [0.1, 0.15) is 0 Å². The molecule has 0 fully saturated rings. The Morgan fingerprint density at radius 2 is 2.33 bits per heavy atom. The van der Waals surface area contributed by atoms with Crippen LogP contribution in [-0.2, 0) is 15.6 Å². The highest BCUT2D eigenvalue weighted by atomic mass is 32.2. The number of nitrogens with zero attached hydrogens (tertiary/aromatic N) is 1. The highest BCUT2D eigenvalue weighted by Crippen LogP contribution is 1.80. The minimum absolute atomic E-state index is 0.0430. The van der Waals surface area contributed by atoms with Gasteiger partial charge in [0.05, 0.1) is 6.07 Å². The van der Waals surface area contributed by atoms with Crippen LogP contribution in [0.25, 0.3) is 0 Å². The summed E-state index contributed by atoms with van der Waals surface area (Å²) >= 11 is 0. The van der Waals surface area contributed by atoms with Crippen molar-refractivity contribution in [1.82, 2.24) is 5.32 Å². The van der Waals surface area contributed by atoms with Crippen LogP contribution in [0.15, 0.2) is 0 Å². The summed E-state index contributed by atoms with van der Waals surface area (Å²) in [6, 6.07) is 1.75. The van der Waals surface area contributed by atoms with E-state index in [1.54, 1.807) is 6.07 Å². The van der Waals surface area contributed by atoms with Crippen molar-refractivity contribution in [2.75, 3.05) is 24.6 Å². The number of rotatable bonds is 5. The van der Waals surface area contributed by atoms with Crippen molar-refractivity contribution in [3.8, 4) is 6.07 Å². The maximum atomic E-state index is 10.9. The SMILES string of the molecule is N#CCNC(=O)CS(=O)CCN. The number of amides is 1. The van der Waals surface area contributed by atoms with E-state index in [1.165, 1.54) is 0 Å². The Labute approximate surface area is 73.4 Å². The Balaban J connectivity index is 3.56. The van der Waals surface area contributed by atoms with E-state index in [9.17, 15) is 9.00 Å². The third kappa shape index (κ3) is 5.82. The van der Waals surface area contributed by atoms with Gasteiger partial charge in [-0.2, -0.15) is 5.26 Å². The molecule has 0 aromatic heterocycles. The van der Waals surface area contributed by atoms with Crippen LogP contribution >= 0.6 is 0 Å². The van der Waals surface area contributed by atoms with Crippen LogP contribution in [0.2, 0.25) is 0 Å². The lowest BCUT2D eigenvalue weighted by molar-refractivity contribution is -0.118. The second-order valence-corrected chi connectivity index (χ2v) is 3.59. The molecule has 1 atom stereocenters. The molecule has 0 aromatic rings. The van der Waals surface area contributed by atoms with Crippen LogP contribution in [0.5, 0.6) is 0 Å². The molecule has 0 aromatic carbocycles. The predicted molar refractivity (Wildman–Crippen MR) is 45.6 cm³/mol. The molecule has 0 aliphatic heterocycles. The molecule has 0 saturated heterocycles. The molecule has 0 rings (SSSR count). The molecular formula is C6H11N3O2S. The van der Waals surface area contributed by atoms with Gasteiger partial charge in [-0.05, 0) is 0 Å². The molecule has 5 nitrogen and oxygen atoms in total. The minimum Gasteiger partial charge on any atom is -0.342 e. The third-order valence-electron chi connectivity index (χ3n) is 1.00. The van der Waals surface area contributed by atoms with E-state index >= 15 is 0 Å². The second-order valence-electron chi connectivity index (χ2n) is 2.01. The first-order valence-electron chi connectivity index (χ1n) is 3.39. The summed E-state index contributed by atoms with van der Waals surface area (Å²) in [5.41, 5.74) is 5.13. The molecule has 1 amide bonds. The van der Waals surface area contributed by atoms with Crippen molar-refractivity contribution < 1.29 is 9.00 Å². The van der Waals surface area contributed by atoms with E-state index < -0.39 is 10.8 Å². The van der Waals surface area contributed by atoms with Gasteiger partial charge in [-0.3, -0.25) is 9.00 Å². The number of hydrogen-bond acceptors (Lipinski definition) is 4. The number of carbonyl (C=O) groups excluding carboxylic acids is 1. The molecule has 0 aliphatic carbocycles. The zero-order valence-corrected chi connectivity index (χ0v) is 7.39. The highest BCUT2D eigenvalue weighted by Gasteiger charge is 2.05. The van der Waals surface area contributed by atoms with Gasteiger partial charge in [0.2, 0.25) is 5.91 Å². The predicted octanol–water partition coefficient (Wildman–Crippen LogP) is -1.67. The number of nitrogens with two attached hydrogens (primary N) is 1. The van der Waals surface area contributed by atoms with Crippen LogP contribution in [0.3, 0.4) is 0 Å². The average Bonchev–Trinajstić information content (AvgIpc) is 2.01. The fraction of sp³-hybridized carbons (Fsp3) is 0.667. The van der Waals surface area contributed by atoms with Crippen LogP contribution in [0, 0.1) is 11.3 Å². The van der Waals surface area contributed by atoms with Gasteiger partial charge in [0.15, 0.2) is 0 Å². The zero-order chi connectivity index (χ0) is 9.40. The Kier molecular flexibility index (Phi) is 6.24. The van der Waals surface area contributed by atoms with E-state index in [1.807, 2.05) is 0 Å². The summed E-state index contributed by atoms with van der Waals surface area (Å²) in [6.07, 6.45) is 0. The molecule has 0 radical (unpaired) electrons. The lowest BCUT2D eigenvalue weighted by Crippen LogP contribution is -2.30. The average molecular weight is 189 g/mol. The van der Waals surface area contributed by atoms with Crippen molar-refractivity contribution in [1.29, 1.82) is 5.26 Å². The second kappa shape index (κ2) is 6.76. The first-order chi connectivity index (χ1) is 5.70. The quantitative estimate of drug-likeness (QED) is 0.505. The first kappa shape index (κ1) is 11.1. The fourth-order valence-corrected chi connectivity index (χ4v) is 1.34. The normalized spacial score (nSPS) is 11.7. The smallest absolute Gasteiger partial charge is 0.233 e. The van der Waals surface area contributed by atoms with Gasteiger partial charge in [-0.15, -0.1) is 0 Å². The van der Waals surface area contributed by atoms with E-state index in [0.717, 1.165) is 0 Å². The van der Waals surface area contributed by atoms with Crippen LogP contribution in [-0.4, -0.2) is 34.7 Å². The number of carbonyl (C=O) groups is 1. The first-order valence-corrected chi connectivity index (χ1v) is 4.88. The molecule has 1 unspecified atom stereocenters. The largest absolute Gasteiger partial charge is 0.342 e. The summed E-state index contributed by atoms with van der Waals surface area (Å²) in [4.78, 5) is 10.8. The van der Waals surface area contributed by atoms with Crippen molar-refractivity contribution in [3.63, 3.8) is 0 Å². The molecule has 0 heterocycles. The van der Waals surface area contributed by atoms with Crippen molar-refractivity contribution in [2.24, 2.45) is 5.73 Å². The molecule has 6 heteroatoms. The zero-order valence-electron chi connectivity index (χ0n) is 6.58.